The maximum absolute atomic E-state index is 8.92. The molecule has 3 rings (SSSR count). The van der Waals surface area contributed by atoms with Crippen LogP contribution in [0.4, 0.5) is 0 Å². The van der Waals surface area contributed by atoms with Gasteiger partial charge in [-0.05, 0) is 44.7 Å². The molecule has 1 aliphatic heterocycles. The normalized spacial score (nSPS) is 33.7. The monoisotopic (exact) mass is 316 g/mol. The smallest absolute Gasteiger partial charge is 0.209 e. The van der Waals surface area contributed by atoms with E-state index in [9.17, 15) is 0 Å². The van der Waals surface area contributed by atoms with E-state index in [1.165, 1.54) is 24.8 Å². The molecular weight excluding hydrogens is 290 g/mol. The second-order valence-electron chi connectivity index (χ2n) is 7.40. The number of nitriles is 1. The molecule has 1 aromatic carbocycles. The van der Waals surface area contributed by atoms with Crippen LogP contribution in [0.15, 0.2) is 24.3 Å². The third-order valence-electron chi connectivity index (χ3n) is 5.54. The fraction of sp³-hybridized carbons (Fsp3) is 0.632. The van der Waals surface area contributed by atoms with Crippen LogP contribution in [0.2, 0.25) is 0 Å². The molecule has 1 saturated carbocycles. The van der Waals surface area contributed by atoms with Gasteiger partial charge in [0.1, 0.15) is 10.5 Å². The van der Waals surface area contributed by atoms with Crippen molar-refractivity contribution in [3.63, 3.8) is 0 Å². The van der Waals surface area contributed by atoms with Crippen LogP contribution in [0.3, 0.4) is 0 Å². The van der Waals surface area contributed by atoms with Crippen molar-refractivity contribution in [2.24, 2.45) is 11.8 Å². The maximum Gasteiger partial charge on any atom is 0.209 e. The van der Waals surface area contributed by atoms with Gasteiger partial charge in [-0.15, -0.1) is 0 Å². The van der Waals surface area contributed by atoms with Gasteiger partial charge in [-0.2, -0.15) is 5.26 Å². The van der Waals surface area contributed by atoms with E-state index in [1.807, 2.05) is 12.1 Å². The van der Waals surface area contributed by atoms with Crippen molar-refractivity contribution in [1.29, 1.82) is 5.26 Å². The van der Waals surface area contributed by atoms with Crippen LogP contribution in [0, 0.1) is 23.2 Å². The average molecular weight is 316 g/mol. The number of hydrogen-bond donors (Lipinski definition) is 0. The van der Waals surface area contributed by atoms with Crippen molar-refractivity contribution in [3.8, 4) is 6.07 Å². The Kier molecular flexibility index (Phi) is 4.52. The van der Waals surface area contributed by atoms with Crippen molar-refractivity contribution in [2.75, 3.05) is 5.94 Å². The number of ether oxygens (including phenoxy) is 1. The lowest BCUT2D eigenvalue weighted by Crippen LogP contribution is -2.55. The third-order valence-corrected chi connectivity index (χ3v) is 8.43. The molecule has 2 aliphatic rings. The summed E-state index contributed by atoms with van der Waals surface area (Å²) >= 11 is 0. The Balaban J connectivity index is 1.73. The molecule has 118 valence electrons. The number of rotatable bonds is 2. The molecular formula is C19H26NOS+. The van der Waals surface area contributed by atoms with Crippen LogP contribution in [0.25, 0.3) is 0 Å². The molecule has 0 bridgehead atoms. The maximum atomic E-state index is 8.92. The van der Waals surface area contributed by atoms with E-state index in [1.54, 1.807) is 0 Å². The summed E-state index contributed by atoms with van der Waals surface area (Å²) in [6, 6.07) is 10.3. The third kappa shape index (κ3) is 3.05. The molecule has 22 heavy (non-hydrogen) atoms. The van der Waals surface area contributed by atoms with E-state index in [0.29, 0.717) is 16.8 Å². The highest BCUT2D eigenvalue weighted by atomic mass is 32.2. The van der Waals surface area contributed by atoms with Gasteiger partial charge >= 0.3 is 0 Å². The summed E-state index contributed by atoms with van der Waals surface area (Å²) in [5.41, 5.74) is 2.08. The van der Waals surface area contributed by atoms with Crippen molar-refractivity contribution in [1.82, 2.24) is 0 Å². The zero-order chi connectivity index (χ0) is 15.7. The van der Waals surface area contributed by atoms with Gasteiger partial charge in [-0.3, -0.25) is 0 Å². The van der Waals surface area contributed by atoms with Crippen molar-refractivity contribution < 1.29 is 4.74 Å². The predicted molar refractivity (Wildman–Crippen MR) is 92.6 cm³/mol. The van der Waals surface area contributed by atoms with Gasteiger partial charge in [0.25, 0.3) is 0 Å². The molecule has 0 spiro atoms. The average Bonchev–Trinajstić information content (AvgIpc) is 2.50. The molecule has 0 amide bonds. The first-order valence-corrected chi connectivity index (χ1v) is 9.85. The van der Waals surface area contributed by atoms with Crippen LogP contribution < -0.4 is 0 Å². The first-order valence-electron chi connectivity index (χ1n) is 8.29. The summed E-state index contributed by atoms with van der Waals surface area (Å²) in [5, 5.41) is 8.92. The van der Waals surface area contributed by atoms with E-state index in [2.05, 4.69) is 39.0 Å². The number of fused-ring (bicyclic) bond motifs is 1. The number of hydrogen-bond acceptors (Lipinski definition) is 2. The van der Waals surface area contributed by atoms with Crippen LogP contribution in [0.5, 0.6) is 0 Å². The quantitative estimate of drug-likeness (QED) is 0.764. The van der Waals surface area contributed by atoms with Crippen LogP contribution in [-0.4, -0.2) is 16.8 Å². The fourth-order valence-corrected chi connectivity index (χ4v) is 6.34. The van der Waals surface area contributed by atoms with E-state index in [4.69, 9.17) is 10.00 Å². The highest BCUT2D eigenvalue weighted by molar-refractivity contribution is 7.97. The first kappa shape index (κ1) is 15.9. The minimum Gasteiger partial charge on any atom is -0.332 e. The Morgan fingerprint density at radius 3 is 2.68 bits per heavy atom. The Labute approximate surface area is 137 Å². The zero-order valence-electron chi connectivity index (χ0n) is 13.8. The van der Waals surface area contributed by atoms with Gasteiger partial charge in [0.05, 0.1) is 17.7 Å². The molecule has 1 unspecified atom stereocenters. The van der Waals surface area contributed by atoms with Crippen LogP contribution >= 0.6 is 0 Å². The molecule has 2 fully saturated rings. The van der Waals surface area contributed by atoms with Crippen LogP contribution in [0.1, 0.15) is 51.2 Å². The minimum absolute atomic E-state index is 0.251. The number of benzene rings is 1. The van der Waals surface area contributed by atoms with E-state index in [0.717, 1.165) is 23.2 Å². The second kappa shape index (κ2) is 6.26. The van der Waals surface area contributed by atoms with Gasteiger partial charge in [0.15, 0.2) is 0 Å². The van der Waals surface area contributed by atoms with E-state index < -0.39 is 0 Å². The van der Waals surface area contributed by atoms with Crippen molar-refractivity contribution >= 4 is 10.9 Å². The van der Waals surface area contributed by atoms with Gasteiger partial charge in [-0.25, -0.2) is 0 Å². The second-order valence-corrected chi connectivity index (χ2v) is 9.96. The number of nitrogens with zero attached hydrogens (tertiary/aromatic N) is 1. The molecule has 3 heteroatoms. The van der Waals surface area contributed by atoms with Gasteiger partial charge in [0, 0.05) is 22.4 Å². The molecule has 2 nitrogen and oxygen atoms in total. The van der Waals surface area contributed by atoms with Gasteiger partial charge in [0.2, 0.25) is 5.94 Å². The van der Waals surface area contributed by atoms with Crippen molar-refractivity contribution in [3.05, 3.63) is 35.4 Å². The summed E-state index contributed by atoms with van der Waals surface area (Å²) in [7, 11) is 0.251. The molecule has 1 heterocycles. The summed E-state index contributed by atoms with van der Waals surface area (Å²) in [6.07, 6.45) is 4.38. The lowest BCUT2D eigenvalue weighted by Gasteiger charge is -2.46. The summed E-state index contributed by atoms with van der Waals surface area (Å²) in [5.74, 6) is 3.51. The van der Waals surface area contributed by atoms with Gasteiger partial charge < -0.3 is 4.74 Å². The van der Waals surface area contributed by atoms with Crippen molar-refractivity contribution in [2.45, 2.75) is 56.6 Å². The molecule has 1 aromatic rings. The molecule has 0 radical (unpaired) electrons. The highest BCUT2D eigenvalue weighted by Gasteiger charge is 2.54. The highest BCUT2D eigenvalue weighted by Crippen LogP contribution is 2.46. The molecule has 4 atom stereocenters. The Morgan fingerprint density at radius 2 is 2.00 bits per heavy atom. The first-order chi connectivity index (χ1) is 10.5. The summed E-state index contributed by atoms with van der Waals surface area (Å²) in [6.45, 7) is 7.27. The van der Waals surface area contributed by atoms with Gasteiger partial charge in [-0.1, -0.05) is 25.5 Å². The largest absolute Gasteiger partial charge is 0.332 e. The minimum atomic E-state index is 0.251. The standard InChI is InChI=1S/C19H26NOS/c1-14-4-9-17-18(10-14)21-13-22(19(17,2)3)12-16-7-5-15(11-20)6-8-16/h5-8,14,17-18H,4,9-10,12-13H2,1-3H3/q+1/t14-,17-,18-,22?/m1/s1. The lowest BCUT2D eigenvalue weighted by atomic mass is 9.75. The van der Waals surface area contributed by atoms with Crippen LogP contribution in [-0.2, 0) is 21.4 Å². The molecule has 1 saturated heterocycles. The zero-order valence-corrected chi connectivity index (χ0v) is 14.7. The van der Waals surface area contributed by atoms with E-state index >= 15 is 0 Å². The molecule has 0 aromatic heterocycles. The Bertz CT molecular complexity index is 560. The predicted octanol–water partition coefficient (Wildman–Crippen LogP) is 4.25. The Morgan fingerprint density at radius 1 is 1.27 bits per heavy atom. The fourth-order valence-electron chi connectivity index (χ4n) is 3.95. The summed E-state index contributed by atoms with van der Waals surface area (Å²) < 4.78 is 6.64. The van der Waals surface area contributed by atoms with E-state index in [-0.39, 0.29) is 10.9 Å². The lowest BCUT2D eigenvalue weighted by molar-refractivity contribution is -0.0251. The SMILES string of the molecule is C[C@@H]1CC[C@@H]2[C@@H](C1)OC[S+](Cc1ccc(C#N)cc1)C2(C)C. The summed E-state index contributed by atoms with van der Waals surface area (Å²) in [4.78, 5) is 0. The molecule has 0 N–H and O–H groups in total. The topological polar surface area (TPSA) is 33.0 Å². The Hall–Kier alpha value is -0.980. The molecule has 1 aliphatic carbocycles.